The predicted octanol–water partition coefficient (Wildman–Crippen LogP) is 9.30. The maximum Gasteiger partial charge on any atom is 0.338 e. The Hall–Kier alpha value is -3.94. The summed E-state index contributed by atoms with van der Waals surface area (Å²) < 4.78 is 47.0. The van der Waals surface area contributed by atoms with E-state index in [0.717, 1.165) is 11.6 Å². The lowest BCUT2D eigenvalue weighted by Gasteiger charge is -2.39. The zero-order valence-corrected chi connectivity index (χ0v) is 34.7. The lowest BCUT2D eigenvalue weighted by molar-refractivity contribution is -0.148. The van der Waals surface area contributed by atoms with Gasteiger partial charge in [-0.25, -0.2) is 14.0 Å². The van der Waals surface area contributed by atoms with Gasteiger partial charge in [-0.15, -0.1) is 0 Å². The minimum Gasteiger partial charge on any atom is -0.490 e. The summed E-state index contributed by atoms with van der Waals surface area (Å²) in [5.74, 6) is -0.781. The van der Waals surface area contributed by atoms with E-state index in [1.54, 1.807) is 45.3 Å². The molecule has 1 N–H and O–H groups in total. The molecule has 2 heterocycles. The van der Waals surface area contributed by atoms with Gasteiger partial charge in [-0.05, 0) is 70.1 Å². The van der Waals surface area contributed by atoms with E-state index in [0.29, 0.717) is 33.2 Å². The van der Waals surface area contributed by atoms with Gasteiger partial charge in [-0.3, -0.25) is 10.00 Å². The molecule has 54 heavy (non-hydrogen) atoms. The molecule has 4 aromatic rings. The number of carbonyl (C=O) groups excluding carboxylic acids is 2. The third-order valence-corrected chi connectivity index (χ3v) is 14.6. The van der Waals surface area contributed by atoms with Crippen molar-refractivity contribution in [3.05, 3.63) is 99.0 Å². The molecule has 1 aliphatic rings. The van der Waals surface area contributed by atoms with Crippen molar-refractivity contribution in [2.75, 3.05) is 19.8 Å². The normalized spacial score (nSPS) is 16.2. The summed E-state index contributed by atoms with van der Waals surface area (Å²) in [6, 6.07) is 12.5. The summed E-state index contributed by atoms with van der Waals surface area (Å²) in [7, 11) is -2.31. The maximum absolute atomic E-state index is 15.3. The number of rotatable bonds is 11. The second-order valence-corrected chi connectivity index (χ2v) is 21.3. The van der Waals surface area contributed by atoms with Crippen LogP contribution in [0.4, 0.5) is 4.39 Å². The van der Waals surface area contributed by atoms with E-state index in [4.69, 9.17) is 46.6 Å². The Labute approximate surface area is 327 Å². The number of nitrogens with one attached hydrogen (secondary N) is 1. The molecular weight excluding hydrogens is 752 g/mol. The number of aromatic nitrogens is 2. The van der Waals surface area contributed by atoms with Crippen LogP contribution in [0.25, 0.3) is 11.1 Å². The average Bonchev–Trinajstić information content (AvgIpc) is 3.46. The number of ether oxygens (including phenoxy) is 4. The number of nitrogens with zero attached hydrogens (tertiary/aromatic N) is 2. The number of carbonyl (C=O) groups is 2. The van der Waals surface area contributed by atoms with Crippen molar-refractivity contribution in [3.63, 3.8) is 0 Å². The second kappa shape index (κ2) is 16.4. The van der Waals surface area contributed by atoms with Crippen LogP contribution in [0.1, 0.15) is 74.6 Å². The topological polar surface area (TPSA) is 110 Å². The summed E-state index contributed by atoms with van der Waals surface area (Å²) in [5, 5.41) is 8.40. The van der Waals surface area contributed by atoms with Gasteiger partial charge in [0.15, 0.2) is 8.32 Å². The molecule has 1 aliphatic heterocycles. The van der Waals surface area contributed by atoms with Crippen molar-refractivity contribution >= 4 is 43.5 Å². The van der Waals surface area contributed by atoms with Gasteiger partial charge < -0.3 is 23.4 Å². The standard InChI is InChI=1S/C40H48Cl2FN3O7Si/c1-24-30(41)14-11-15-33(24)49-16-17-50-38(48)35-28-13-10-12-27(36(28)51-23-34(45-35)53-54(8,9)40(5,6)7)26-20-44-46(21-26)22-29-31(42)18-25(19-32(29)43)37(47)52-39(2,3)4/h10-15,18-21,34-35,45H,16-17,22-23H2,1-9H3. The monoisotopic (exact) mass is 799 g/mol. The molecule has 10 nitrogen and oxygen atoms in total. The zero-order chi connectivity index (χ0) is 39.6. The van der Waals surface area contributed by atoms with E-state index >= 15 is 4.39 Å². The maximum atomic E-state index is 15.3. The van der Waals surface area contributed by atoms with Crippen molar-refractivity contribution in [3.8, 4) is 22.6 Å². The summed E-state index contributed by atoms with van der Waals surface area (Å²) in [6.07, 6.45) is 2.75. The number of benzene rings is 3. The number of para-hydroxylation sites is 1. The first kappa shape index (κ1) is 41.2. The molecule has 1 aromatic heterocycles. The van der Waals surface area contributed by atoms with Gasteiger partial charge in [-0.2, -0.15) is 5.10 Å². The van der Waals surface area contributed by atoms with Crippen LogP contribution in [-0.4, -0.2) is 61.7 Å². The summed E-state index contributed by atoms with van der Waals surface area (Å²) in [5.41, 5.74) is 2.12. The lowest BCUT2D eigenvalue weighted by Crippen LogP contribution is -2.51. The molecule has 290 valence electrons. The van der Waals surface area contributed by atoms with Gasteiger partial charge >= 0.3 is 11.9 Å². The Morgan fingerprint density at radius 2 is 1.76 bits per heavy atom. The van der Waals surface area contributed by atoms with E-state index in [9.17, 15) is 9.59 Å². The lowest BCUT2D eigenvalue weighted by atomic mass is 9.99. The fourth-order valence-electron chi connectivity index (χ4n) is 5.53. The van der Waals surface area contributed by atoms with Crippen LogP contribution < -0.4 is 14.8 Å². The van der Waals surface area contributed by atoms with E-state index in [1.165, 1.54) is 10.7 Å². The van der Waals surface area contributed by atoms with Crippen LogP contribution in [-0.2, 0) is 25.2 Å². The first-order chi connectivity index (χ1) is 25.2. The van der Waals surface area contributed by atoms with Crippen LogP contribution in [0.2, 0.25) is 28.2 Å². The van der Waals surface area contributed by atoms with E-state index in [-0.39, 0.29) is 47.6 Å². The summed E-state index contributed by atoms with van der Waals surface area (Å²) >= 11 is 12.7. The average molecular weight is 801 g/mol. The minimum atomic E-state index is -2.31. The smallest absolute Gasteiger partial charge is 0.338 e. The number of halogens is 3. The van der Waals surface area contributed by atoms with E-state index < -0.39 is 43.9 Å². The number of hydrogen-bond acceptors (Lipinski definition) is 9. The molecule has 0 radical (unpaired) electrons. The van der Waals surface area contributed by atoms with Crippen molar-refractivity contribution in [1.29, 1.82) is 0 Å². The highest BCUT2D eigenvalue weighted by Crippen LogP contribution is 2.41. The fourth-order valence-corrected chi connectivity index (χ4v) is 7.16. The number of fused-ring (bicyclic) bond motifs is 1. The first-order valence-corrected chi connectivity index (χ1v) is 21.4. The van der Waals surface area contributed by atoms with Crippen LogP contribution in [0.3, 0.4) is 0 Å². The third-order valence-electron chi connectivity index (χ3n) is 9.41. The highest BCUT2D eigenvalue weighted by molar-refractivity contribution is 6.74. The van der Waals surface area contributed by atoms with Gasteiger partial charge in [-0.1, -0.05) is 68.2 Å². The Morgan fingerprint density at radius 3 is 2.44 bits per heavy atom. The molecule has 0 fully saturated rings. The van der Waals surface area contributed by atoms with E-state index in [2.05, 4.69) is 44.3 Å². The molecule has 0 amide bonds. The number of esters is 2. The molecule has 0 saturated carbocycles. The summed E-state index contributed by atoms with van der Waals surface area (Å²) in [4.78, 5) is 26.4. The van der Waals surface area contributed by atoms with Crippen LogP contribution >= 0.6 is 23.2 Å². The minimum absolute atomic E-state index is 0.00273. The molecular formula is C40H48Cl2FN3O7Si. The molecule has 5 rings (SSSR count). The van der Waals surface area contributed by atoms with Crippen molar-refractivity contribution in [1.82, 2.24) is 15.1 Å². The Balaban J connectivity index is 1.39. The Morgan fingerprint density at radius 1 is 1.04 bits per heavy atom. The first-order valence-electron chi connectivity index (χ1n) is 17.7. The Kier molecular flexibility index (Phi) is 12.5. The molecule has 2 atom stereocenters. The van der Waals surface area contributed by atoms with E-state index in [1.807, 2.05) is 31.2 Å². The molecule has 0 saturated heterocycles. The zero-order valence-electron chi connectivity index (χ0n) is 32.1. The molecule has 14 heteroatoms. The van der Waals surface area contributed by atoms with Crippen molar-refractivity contribution < 1.29 is 37.4 Å². The van der Waals surface area contributed by atoms with Gasteiger partial charge in [0.1, 0.15) is 55.0 Å². The van der Waals surface area contributed by atoms with Crippen LogP contribution in [0.5, 0.6) is 11.5 Å². The van der Waals surface area contributed by atoms with Crippen molar-refractivity contribution in [2.24, 2.45) is 0 Å². The van der Waals surface area contributed by atoms with Gasteiger partial charge in [0.25, 0.3) is 0 Å². The predicted molar refractivity (Wildman–Crippen MR) is 209 cm³/mol. The fraction of sp³-hybridized carbons (Fsp3) is 0.425. The molecule has 0 spiro atoms. The quantitative estimate of drug-likeness (QED) is 0.0902. The van der Waals surface area contributed by atoms with Gasteiger partial charge in [0.2, 0.25) is 0 Å². The summed E-state index contributed by atoms with van der Waals surface area (Å²) in [6.45, 7) is 18.0. The molecule has 0 bridgehead atoms. The highest BCUT2D eigenvalue weighted by atomic mass is 35.5. The van der Waals surface area contributed by atoms with Gasteiger partial charge in [0.05, 0.1) is 18.3 Å². The molecule has 0 aliphatic carbocycles. The van der Waals surface area contributed by atoms with Crippen molar-refractivity contribution in [2.45, 2.75) is 91.0 Å². The third kappa shape index (κ3) is 9.83. The van der Waals surface area contributed by atoms with Crippen LogP contribution in [0, 0.1) is 12.7 Å². The highest BCUT2D eigenvalue weighted by Gasteiger charge is 2.42. The number of hydrogen-bond donors (Lipinski definition) is 1. The molecule has 3 aromatic carbocycles. The van der Waals surface area contributed by atoms with Crippen LogP contribution in [0.15, 0.2) is 60.9 Å². The SMILES string of the molecule is Cc1c(Cl)cccc1OCCOC(=O)C1NC(O[Si](C)(C)C(C)(C)C)COc2c(-c3cnn(Cc4c(F)cc(C(=O)OC(C)(C)C)cc4Cl)c3)cccc21. The molecule has 2 unspecified atom stereocenters. The largest absolute Gasteiger partial charge is 0.490 e. The Bertz CT molecular complexity index is 1980. The van der Waals surface area contributed by atoms with Gasteiger partial charge in [0, 0.05) is 44.1 Å². The second-order valence-electron chi connectivity index (χ2n) is 15.7.